The molecule has 2 unspecified atom stereocenters. The van der Waals surface area contributed by atoms with Gasteiger partial charge in [0, 0.05) is 43.2 Å². The average molecular weight is 533 g/mol. The summed E-state index contributed by atoms with van der Waals surface area (Å²) < 4.78 is 60.8. The highest BCUT2D eigenvalue weighted by atomic mass is 32.2. The van der Waals surface area contributed by atoms with Gasteiger partial charge in [0.25, 0.3) is 5.91 Å². The summed E-state index contributed by atoms with van der Waals surface area (Å²) >= 11 is 0. The van der Waals surface area contributed by atoms with E-state index < -0.39 is 27.3 Å². The molecule has 0 bridgehead atoms. The van der Waals surface area contributed by atoms with Crippen LogP contribution in [0.1, 0.15) is 37.2 Å². The third-order valence-electron chi connectivity index (χ3n) is 6.39. The van der Waals surface area contributed by atoms with E-state index in [1.165, 1.54) is 27.5 Å². The SMILES string of the molecule is CCN(CC1CCC(C)O1)C(=O)c1cc2c(cn1)c(-c1cnc3c(F)cc(F)cn13)nn2CS(C)(=O)=O. The lowest BCUT2D eigenvalue weighted by Gasteiger charge is -2.24. The lowest BCUT2D eigenvalue weighted by atomic mass is 10.1. The second-order valence-corrected chi connectivity index (χ2v) is 11.4. The molecule has 1 saturated heterocycles. The molecular formula is C24H26F2N6O4S. The Morgan fingerprint density at radius 2 is 2.00 bits per heavy atom. The maximum absolute atomic E-state index is 14.2. The number of ether oxygens (including phenoxy) is 1. The number of amides is 1. The van der Waals surface area contributed by atoms with Crippen molar-refractivity contribution in [3.05, 3.63) is 48.1 Å². The van der Waals surface area contributed by atoms with Gasteiger partial charge in [-0.2, -0.15) is 5.10 Å². The predicted octanol–water partition coefficient (Wildman–Crippen LogP) is 3.06. The zero-order chi connectivity index (χ0) is 26.5. The van der Waals surface area contributed by atoms with Gasteiger partial charge in [-0.25, -0.2) is 26.9 Å². The number of halogens is 2. The Morgan fingerprint density at radius 3 is 2.68 bits per heavy atom. The Morgan fingerprint density at radius 1 is 1.22 bits per heavy atom. The van der Waals surface area contributed by atoms with Gasteiger partial charge in [0.2, 0.25) is 0 Å². The number of aromatic nitrogens is 5. The molecule has 1 fully saturated rings. The van der Waals surface area contributed by atoms with Crippen LogP contribution in [0.25, 0.3) is 27.9 Å². The lowest BCUT2D eigenvalue weighted by Crippen LogP contribution is -2.37. The van der Waals surface area contributed by atoms with Crippen molar-refractivity contribution in [3.8, 4) is 11.4 Å². The van der Waals surface area contributed by atoms with Crippen LogP contribution in [0.15, 0.2) is 30.7 Å². The van der Waals surface area contributed by atoms with Gasteiger partial charge in [-0.1, -0.05) is 0 Å². The first-order valence-electron chi connectivity index (χ1n) is 11.9. The van der Waals surface area contributed by atoms with Gasteiger partial charge >= 0.3 is 0 Å². The minimum atomic E-state index is -3.53. The molecule has 0 radical (unpaired) electrons. The normalized spacial score (nSPS) is 18.2. The van der Waals surface area contributed by atoms with E-state index in [1.807, 2.05) is 13.8 Å². The Labute approximate surface area is 211 Å². The Kier molecular flexibility index (Phi) is 6.44. The molecule has 0 N–H and O–H groups in total. The van der Waals surface area contributed by atoms with Crippen molar-refractivity contribution >= 4 is 32.3 Å². The second kappa shape index (κ2) is 9.45. The van der Waals surface area contributed by atoms with Crippen molar-refractivity contribution in [3.63, 3.8) is 0 Å². The molecule has 13 heteroatoms. The fourth-order valence-corrected chi connectivity index (χ4v) is 5.31. The summed E-state index contributed by atoms with van der Waals surface area (Å²) in [6.07, 6.45) is 6.77. The van der Waals surface area contributed by atoms with Crippen molar-refractivity contribution in [1.29, 1.82) is 0 Å². The fourth-order valence-electron chi connectivity index (χ4n) is 4.67. The molecule has 2 atom stereocenters. The van der Waals surface area contributed by atoms with E-state index in [0.29, 0.717) is 24.0 Å². The first-order valence-corrected chi connectivity index (χ1v) is 13.9. The maximum atomic E-state index is 14.2. The summed E-state index contributed by atoms with van der Waals surface area (Å²) in [5.74, 6) is -2.45. The number of nitrogens with zero attached hydrogens (tertiary/aromatic N) is 6. The van der Waals surface area contributed by atoms with E-state index in [-0.39, 0.29) is 40.8 Å². The summed E-state index contributed by atoms with van der Waals surface area (Å²) in [6, 6.07) is 2.22. The molecule has 4 aromatic rings. The number of hydrogen-bond acceptors (Lipinski definition) is 7. The monoisotopic (exact) mass is 532 g/mol. The highest BCUT2D eigenvalue weighted by Crippen LogP contribution is 2.30. The largest absolute Gasteiger partial charge is 0.373 e. The van der Waals surface area contributed by atoms with Crippen LogP contribution in [0.4, 0.5) is 8.78 Å². The van der Waals surface area contributed by atoms with Crippen LogP contribution >= 0.6 is 0 Å². The number of carbonyl (C=O) groups excluding carboxylic acids is 1. The quantitative estimate of drug-likeness (QED) is 0.360. The molecule has 37 heavy (non-hydrogen) atoms. The van der Waals surface area contributed by atoms with E-state index in [9.17, 15) is 22.0 Å². The van der Waals surface area contributed by atoms with Gasteiger partial charge < -0.3 is 9.64 Å². The standard InChI is InChI=1S/C24H26F2N6O4S/c1-4-30(12-16-6-5-14(2)36-16)24(33)19-8-20-17(9-27-19)22(29-32(20)13-37(3,34)35)21-10-28-23-18(26)7-15(25)11-31(21)23/h7-11,14,16H,4-6,12-13H2,1-3H3. The smallest absolute Gasteiger partial charge is 0.272 e. The number of imidazole rings is 1. The maximum Gasteiger partial charge on any atom is 0.272 e. The van der Waals surface area contributed by atoms with E-state index >= 15 is 0 Å². The average Bonchev–Trinajstić information content (AvgIpc) is 3.53. The zero-order valence-corrected chi connectivity index (χ0v) is 21.4. The molecule has 5 rings (SSSR count). The highest BCUT2D eigenvalue weighted by Gasteiger charge is 2.27. The third kappa shape index (κ3) is 4.92. The first-order chi connectivity index (χ1) is 17.5. The second-order valence-electron chi connectivity index (χ2n) is 9.32. The molecular weight excluding hydrogens is 506 g/mol. The van der Waals surface area contributed by atoms with Crippen LogP contribution < -0.4 is 0 Å². The fraction of sp³-hybridized carbons (Fsp3) is 0.417. The molecule has 10 nitrogen and oxygen atoms in total. The van der Waals surface area contributed by atoms with Gasteiger partial charge in [-0.3, -0.25) is 14.2 Å². The van der Waals surface area contributed by atoms with Crippen molar-refractivity contribution < 1.29 is 26.7 Å². The molecule has 1 aliphatic heterocycles. The van der Waals surface area contributed by atoms with Crippen LogP contribution in [0.5, 0.6) is 0 Å². The van der Waals surface area contributed by atoms with Gasteiger partial charge in [0.15, 0.2) is 21.3 Å². The number of rotatable bonds is 7. The van der Waals surface area contributed by atoms with Crippen LogP contribution in [0.3, 0.4) is 0 Å². The molecule has 0 saturated carbocycles. The summed E-state index contributed by atoms with van der Waals surface area (Å²) in [6.45, 7) is 4.73. The predicted molar refractivity (Wildman–Crippen MR) is 132 cm³/mol. The van der Waals surface area contributed by atoms with Crippen LogP contribution in [-0.2, 0) is 20.5 Å². The highest BCUT2D eigenvalue weighted by molar-refractivity contribution is 7.89. The Hall–Kier alpha value is -3.45. The van der Waals surface area contributed by atoms with Crippen molar-refractivity contribution in [2.75, 3.05) is 19.3 Å². The molecule has 4 aromatic heterocycles. The van der Waals surface area contributed by atoms with Gasteiger partial charge in [-0.05, 0) is 32.8 Å². The molecule has 0 spiro atoms. The summed E-state index contributed by atoms with van der Waals surface area (Å²) in [5, 5.41) is 4.84. The number of fused-ring (bicyclic) bond motifs is 2. The van der Waals surface area contributed by atoms with Crippen LogP contribution in [0, 0.1) is 11.6 Å². The topological polar surface area (TPSA) is 112 Å². The zero-order valence-electron chi connectivity index (χ0n) is 20.6. The number of hydrogen-bond donors (Lipinski definition) is 0. The van der Waals surface area contributed by atoms with Gasteiger partial charge in [0.05, 0.1) is 29.6 Å². The molecule has 196 valence electrons. The van der Waals surface area contributed by atoms with E-state index in [1.54, 1.807) is 4.90 Å². The molecule has 0 aliphatic carbocycles. The minimum absolute atomic E-state index is 0.0547. The minimum Gasteiger partial charge on any atom is -0.373 e. The molecule has 5 heterocycles. The molecule has 0 aromatic carbocycles. The number of sulfone groups is 1. The van der Waals surface area contributed by atoms with Gasteiger partial charge in [0.1, 0.15) is 23.1 Å². The van der Waals surface area contributed by atoms with Crippen molar-refractivity contribution in [1.82, 2.24) is 29.0 Å². The number of carbonyl (C=O) groups is 1. The van der Waals surface area contributed by atoms with Crippen molar-refractivity contribution in [2.45, 2.75) is 44.8 Å². The van der Waals surface area contributed by atoms with E-state index in [4.69, 9.17) is 4.74 Å². The number of pyridine rings is 2. The number of likely N-dealkylation sites (N-methyl/N-ethyl adjacent to an activating group) is 1. The lowest BCUT2D eigenvalue weighted by molar-refractivity contribution is 0.0289. The molecule has 1 aliphatic rings. The molecule has 1 amide bonds. The first kappa shape index (κ1) is 25.2. The Bertz CT molecular complexity index is 1620. The summed E-state index contributed by atoms with van der Waals surface area (Å²) in [4.78, 5) is 23.3. The summed E-state index contributed by atoms with van der Waals surface area (Å²) in [5.41, 5.74) is 0.825. The van der Waals surface area contributed by atoms with Crippen molar-refractivity contribution in [2.24, 2.45) is 0 Å². The Balaban J connectivity index is 1.59. The van der Waals surface area contributed by atoms with E-state index in [2.05, 4.69) is 15.1 Å². The van der Waals surface area contributed by atoms with E-state index in [0.717, 1.165) is 31.4 Å². The third-order valence-corrected chi connectivity index (χ3v) is 7.11. The summed E-state index contributed by atoms with van der Waals surface area (Å²) in [7, 11) is -3.53. The van der Waals surface area contributed by atoms with Crippen LogP contribution in [0.2, 0.25) is 0 Å². The van der Waals surface area contributed by atoms with Crippen LogP contribution in [-0.4, -0.2) is 74.9 Å². The van der Waals surface area contributed by atoms with Gasteiger partial charge in [-0.15, -0.1) is 0 Å².